The predicted octanol–water partition coefficient (Wildman–Crippen LogP) is 2.78. The molecule has 0 radical (unpaired) electrons. The smallest absolute Gasteiger partial charge is 0.297 e. The molecule has 0 unspecified atom stereocenters. The van der Waals surface area contributed by atoms with Crippen molar-refractivity contribution in [2.75, 3.05) is 14.2 Å². The highest BCUT2D eigenvalue weighted by Crippen LogP contribution is 2.29. The predicted molar refractivity (Wildman–Crippen MR) is 141 cm³/mol. The van der Waals surface area contributed by atoms with Gasteiger partial charge in [0.05, 0.1) is 31.4 Å². The van der Waals surface area contributed by atoms with Gasteiger partial charge in [-0.25, -0.2) is 9.98 Å². The lowest BCUT2D eigenvalue weighted by Crippen LogP contribution is -2.49. The molecule has 1 aliphatic rings. The second-order valence-corrected chi connectivity index (χ2v) is 8.29. The van der Waals surface area contributed by atoms with Crippen molar-refractivity contribution in [1.29, 1.82) is 0 Å². The molecule has 0 aliphatic carbocycles. The van der Waals surface area contributed by atoms with Crippen molar-refractivity contribution in [1.82, 2.24) is 20.0 Å². The van der Waals surface area contributed by atoms with Crippen molar-refractivity contribution in [3.8, 4) is 11.5 Å². The monoisotopic (exact) mass is 509 g/mol. The Morgan fingerprint density at radius 3 is 2.45 bits per heavy atom. The standard InChI is InChI=1S/C28H23N5O5/c1-37-23-13-12-18(15-24(23)38-2)14-21-28(36)33(27(30-21)19-8-4-3-5-9-19)31-25(34)17-32-22-11-7-6-10-20(22)29-16-26(32)35/h3-16H,17H2,1-2H3,(H,31,34)/b21-14+. The number of fused-ring (bicyclic) bond motifs is 1. The van der Waals surface area contributed by atoms with E-state index in [-0.39, 0.29) is 18.1 Å². The topological polar surface area (TPSA) is 115 Å². The van der Waals surface area contributed by atoms with Crippen LogP contribution in [0.25, 0.3) is 17.1 Å². The summed E-state index contributed by atoms with van der Waals surface area (Å²) in [6.07, 6.45) is 2.76. The van der Waals surface area contributed by atoms with Gasteiger partial charge in [-0.05, 0) is 35.9 Å². The molecule has 1 aromatic heterocycles. The van der Waals surface area contributed by atoms with Gasteiger partial charge in [0.15, 0.2) is 17.3 Å². The van der Waals surface area contributed by atoms with Crippen molar-refractivity contribution < 1.29 is 19.1 Å². The molecule has 10 heteroatoms. The van der Waals surface area contributed by atoms with Crippen molar-refractivity contribution >= 4 is 34.8 Å². The zero-order valence-electron chi connectivity index (χ0n) is 20.6. The van der Waals surface area contributed by atoms with Gasteiger partial charge < -0.3 is 9.47 Å². The van der Waals surface area contributed by atoms with Crippen LogP contribution in [0, 0.1) is 0 Å². The fourth-order valence-corrected chi connectivity index (χ4v) is 4.08. The molecular weight excluding hydrogens is 486 g/mol. The molecular formula is C28H23N5O5. The molecule has 0 atom stereocenters. The van der Waals surface area contributed by atoms with E-state index in [1.807, 2.05) is 6.07 Å². The number of amides is 2. The number of nitrogens with zero attached hydrogens (tertiary/aromatic N) is 4. The Balaban J connectivity index is 1.47. The molecule has 0 saturated heterocycles. The van der Waals surface area contributed by atoms with Gasteiger partial charge in [0.1, 0.15) is 12.2 Å². The lowest BCUT2D eigenvalue weighted by molar-refractivity contribution is -0.133. The third-order valence-electron chi connectivity index (χ3n) is 5.89. The maximum Gasteiger partial charge on any atom is 0.297 e. The fourth-order valence-electron chi connectivity index (χ4n) is 4.08. The van der Waals surface area contributed by atoms with Crippen LogP contribution in [0.3, 0.4) is 0 Å². The minimum Gasteiger partial charge on any atom is -0.493 e. The number of hydrazine groups is 1. The number of ether oxygens (including phenoxy) is 2. The number of benzene rings is 3. The van der Waals surface area contributed by atoms with E-state index in [9.17, 15) is 14.4 Å². The number of aromatic nitrogens is 2. The molecule has 3 aromatic carbocycles. The zero-order chi connectivity index (χ0) is 26.6. The first-order valence-corrected chi connectivity index (χ1v) is 11.6. The van der Waals surface area contributed by atoms with Crippen LogP contribution >= 0.6 is 0 Å². The normalized spacial score (nSPS) is 14.1. The van der Waals surface area contributed by atoms with Crippen LogP contribution in [0.2, 0.25) is 0 Å². The molecule has 1 aliphatic heterocycles. The Kier molecular flexibility index (Phi) is 6.68. The van der Waals surface area contributed by atoms with Gasteiger partial charge in [-0.3, -0.25) is 24.4 Å². The summed E-state index contributed by atoms with van der Waals surface area (Å²) in [5.41, 5.74) is 4.67. The second kappa shape index (κ2) is 10.4. The van der Waals surface area contributed by atoms with Crippen molar-refractivity contribution in [2.45, 2.75) is 6.54 Å². The molecule has 0 saturated carbocycles. The van der Waals surface area contributed by atoms with Crippen molar-refractivity contribution in [3.63, 3.8) is 0 Å². The van der Waals surface area contributed by atoms with Crippen LogP contribution in [0.4, 0.5) is 0 Å². The summed E-state index contributed by atoms with van der Waals surface area (Å²) in [5.74, 6) is 0.197. The number of carbonyl (C=O) groups excluding carboxylic acids is 2. The van der Waals surface area contributed by atoms with Gasteiger partial charge in [0, 0.05) is 5.56 Å². The first kappa shape index (κ1) is 24.4. The number of para-hydroxylation sites is 2. The SMILES string of the molecule is COc1ccc(/C=C2/N=C(c3ccccc3)N(NC(=O)Cn3c(=O)cnc4ccccc43)C2=O)cc1OC. The van der Waals surface area contributed by atoms with Crippen LogP contribution in [0.1, 0.15) is 11.1 Å². The summed E-state index contributed by atoms with van der Waals surface area (Å²) >= 11 is 0. The first-order chi connectivity index (χ1) is 18.5. The molecule has 4 aromatic rings. The minimum atomic E-state index is -0.576. The summed E-state index contributed by atoms with van der Waals surface area (Å²) in [4.78, 5) is 47.7. The van der Waals surface area contributed by atoms with Gasteiger partial charge in [0.25, 0.3) is 17.4 Å². The number of rotatable bonds is 7. The maximum atomic E-state index is 13.4. The summed E-state index contributed by atoms with van der Waals surface area (Å²) in [6.45, 7) is -0.317. The van der Waals surface area contributed by atoms with Crippen LogP contribution < -0.4 is 20.5 Å². The zero-order valence-corrected chi connectivity index (χ0v) is 20.6. The van der Waals surface area contributed by atoms with E-state index in [1.54, 1.807) is 72.8 Å². The van der Waals surface area contributed by atoms with Crippen LogP contribution in [-0.4, -0.2) is 46.4 Å². The van der Waals surface area contributed by atoms with Gasteiger partial charge in [-0.2, -0.15) is 5.01 Å². The summed E-state index contributed by atoms with van der Waals surface area (Å²) in [7, 11) is 3.06. The van der Waals surface area contributed by atoms with E-state index >= 15 is 0 Å². The van der Waals surface area contributed by atoms with Crippen LogP contribution in [0.15, 0.2) is 94.5 Å². The van der Waals surface area contributed by atoms with Crippen LogP contribution in [-0.2, 0) is 16.1 Å². The number of amidine groups is 1. The molecule has 2 amide bonds. The Labute approximate surface area is 217 Å². The number of hydrogen-bond acceptors (Lipinski definition) is 7. The molecule has 10 nitrogen and oxygen atoms in total. The number of methoxy groups -OCH3 is 2. The second-order valence-electron chi connectivity index (χ2n) is 8.29. The Morgan fingerprint density at radius 1 is 0.947 bits per heavy atom. The van der Waals surface area contributed by atoms with E-state index in [0.29, 0.717) is 33.7 Å². The average molecular weight is 510 g/mol. The summed E-state index contributed by atoms with van der Waals surface area (Å²) in [6, 6.07) is 21.2. The molecule has 190 valence electrons. The first-order valence-electron chi connectivity index (χ1n) is 11.6. The quantitative estimate of drug-likeness (QED) is 0.383. The highest BCUT2D eigenvalue weighted by molar-refractivity contribution is 6.20. The Bertz CT molecular complexity index is 1660. The van der Waals surface area contributed by atoms with Gasteiger partial charge in [0.2, 0.25) is 0 Å². The lowest BCUT2D eigenvalue weighted by atomic mass is 10.1. The summed E-state index contributed by atoms with van der Waals surface area (Å²) < 4.78 is 11.9. The number of aliphatic imine (C=N–C) groups is 1. The van der Waals surface area contributed by atoms with Gasteiger partial charge >= 0.3 is 0 Å². The highest BCUT2D eigenvalue weighted by Gasteiger charge is 2.33. The van der Waals surface area contributed by atoms with Gasteiger partial charge in [-0.15, -0.1) is 0 Å². The Hall–Kier alpha value is -5.25. The summed E-state index contributed by atoms with van der Waals surface area (Å²) in [5, 5.41) is 1.10. The number of hydrogen-bond donors (Lipinski definition) is 1. The molecule has 0 bridgehead atoms. The van der Waals surface area contributed by atoms with Crippen molar-refractivity contribution in [3.05, 3.63) is 106 Å². The fraction of sp³-hybridized carbons (Fsp3) is 0.107. The van der Waals surface area contributed by atoms with Gasteiger partial charge in [-0.1, -0.05) is 48.5 Å². The largest absolute Gasteiger partial charge is 0.493 e. The molecule has 38 heavy (non-hydrogen) atoms. The van der Waals surface area contributed by atoms with E-state index in [4.69, 9.17) is 9.47 Å². The molecule has 5 rings (SSSR count). The molecule has 1 N–H and O–H groups in total. The van der Waals surface area contributed by atoms with E-state index in [0.717, 1.165) is 11.2 Å². The average Bonchev–Trinajstić information content (AvgIpc) is 3.25. The Morgan fingerprint density at radius 2 is 1.68 bits per heavy atom. The third kappa shape index (κ3) is 4.74. The van der Waals surface area contributed by atoms with E-state index in [2.05, 4.69) is 15.4 Å². The van der Waals surface area contributed by atoms with Crippen molar-refractivity contribution in [2.24, 2.45) is 4.99 Å². The highest BCUT2D eigenvalue weighted by atomic mass is 16.5. The third-order valence-corrected chi connectivity index (χ3v) is 5.89. The van der Waals surface area contributed by atoms with E-state index < -0.39 is 17.4 Å². The number of nitrogens with one attached hydrogen (secondary N) is 1. The lowest BCUT2D eigenvalue weighted by Gasteiger charge is -2.20. The molecule has 0 fully saturated rings. The maximum absolute atomic E-state index is 13.4. The van der Waals surface area contributed by atoms with Crippen LogP contribution in [0.5, 0.6) is 11.5 Å². The number of carbonyl (C=O) groups is 2. The minimum absolute atomic E-state index is 0.114. The molecule has 0 spiro atoms. The van der Waals surface area contributed by atoms with E-state index in [1.165, 1.54) is 18.8 Å². The molecule has 2 heterocycles.